The number of hydrogen-bond donors (Lipinski definition) is 1. The van der Waals surface area contributed by atoms with E-state index < -0.39 is 5.60 Å². The Bertz CT molecular complexity index is 843. The third-order valence-corrected chi connectivity index (χ3v) is 11.1. The second-order valence-electron chi connectivity index (χ2n) is 13.1. The van der Waals surface area contributed by atoms with E-state index in [1.165, 1.54) is 39.2 Å². The van der Waals surface area contributed by atoms with E-state index in [1.54, 1.807) is 13.8 Å². The van der Waals surface area contributed by atoms with E-state index >= 15 is 0 Å². The van der Waals surface area contributed by atoms with Crippen LogP contribution in [0.4, 0.5) is 0 Å². The summed E-state index contributed by atoms with van der Waals surface area (Å²) in [5.74, 6) is 2.59. The minimum atomic E-state index is -0.417. The van der Waals surface area contributed by atoms with Gasteiger partial charge in [-0.1, -0.05) is 20.8 Å². The number of rotatable bonds is 7. The van der Waals surface area contributed by atoms with Gasteiger partial charge in [0.15, 0.2) is 0 Å². The van der Waals surface area contributed by atoms with Gasteiger partial charge in [0.1, 0.15) is 11.4 Å². The fourth-order valence-corrected chi connectivity index (χ4v) is 9.16. The monoisotopic (exact) mass is 489 g/mol. The minimum Gasteiger partial charge on any atom is -0.469 e. The normalized spacial score (nSPS) is 43.3. The highest BCUT2D eigenvalue weighted by molar-refractivity contribution is 5.79. The van der Waals surface area contributed by atoms with Crippen molar-refractivity contribution in [1.29, 1.82) is 0 Å². The summed E-state index contributed by atoms with van der Waals surface area (Å²) < 4.78 is 10.8. The molecule has 198 valence electrons. The summed E-state index contributed by atoms with van der Waals surface area (Å²) in [5, 5.41) is 3.04. The van der Waals surface area contributed by atoms with Crippen LogP contribution in [-0.2, 0) is 23.9 Å². The van der Waals surface area contributed by atoms with Crippen LogP contribution in [0.25, 0.3) is 0 Å². The molecule has 4 aliphatic carbocycles. The quantitative estimate of drug-likeness (QED) is 0.511. The number of carbonyl (C=O) groups is 3. The van der Waals surface area contributed by atoms with Crippen molar-refractivity contribution in [3.05, 3.63) is 0 Å². The molecule has 0 bridgehead atoms. The first-order chi connectivity index (χ1) is 16.4. The maximum absolute atomic E-state index is 12.6. The molecule has 6 nitrogen and oxygen atoms in total. The summed E-state index contributed by atoms with van der Waals surface area (Å²) in [6.45, 7) is 11.1. The Kier molecular flexibility index (Phi) is 7.45. The first kappa shape index (κ1) is 26.6. The van der Waals surface area contributed by atoms with Gasteiger partial charge in [-0.3, -0.25) is 14.4 Å². The Morgan fingerprint density at radius 3 is 2.34 bits per heavy atom. The molecule has 4 saturated carbocycles. The number of methoxy groups -OCH3 is 1. The van der Waals surface area contributed by atoms with Crippen LogP contribution in [-0.4, -0.2) is 43.5 Å². The number of esters is 2. The van der Waals surface area contributed by atoms with Crippen LogP contribution in [0.5, 0.6) is 0 Å². The molecule has 4 rings (SSSR count). The van der Waals surface area contributed by atoms with Gasteiger partial charge in [0.25, 0.3) is 0 Å². The Hall–Kier alpha value is -1.43. The molecule has 0 aliphatic heterocycles. The lowest BCUT2D eigenvalue weighted by atomic mass is 9.44. The van der Waals surface area contributed by atoms with Crippen LogP contribution in [0.3, 0.4) is 0 Å². The van der Waals surface area contributed by atoms with E-state index in [-0.39, 0.29) is 35.7 Å². The molecule has 0 aromatic carbocycles. The molecule has 6 heteroatoms. The summed E-state index contributed by atoms with van der Waals surface area (Å²) >= 11 is 0. The Labute approximate surface area is 211 Å². The summed E-state index contributed by atoms with van der Waals surface area (Å²) in [6, 6.07) is 0. The van der Waals surface area contributed by atoms with Crippen molar-refractivity contribution in [3.63, 3.8) is 0 Å². The van der Waals surface area contributed by atoms with E-state index in [2.05, 4.69) is 26.1 Å². The molecule has 1 unspecified atom stereocenters. The van der Waals surface area contributed by atoms with Gasteiger partial charge in [-0.25, -0.2) is 0 Å². The lowest BCUT2D eigenvalue weighted by Crippen LogP contribution is -2.56. The maximum atomic E-state index is 12.6. The molecule has 0 heterocycles. The predicted octanol–water partition coefficient (Wildman–Crippen LogP) is 4.93. The zero-order chi connectivity index (χ0) is 25.6. The number of ketones is 1. The van der Waals surface area contributed by atoms with Gasteiger partial charge < -0.3 is 14.8 Å². The number of ether oxygens (including phenoxy) is 2. The molecule has 4 fully saturated rings. The van der Waals surface area contributed by atoms with Crippen LogP contribution < -0.4 is 5.32 Å². The van der Waals surface area contributed by atoms with E-state index in [9.17, 15) is 14.4 Å². The van der Waals surface area contributed by atoms with Gasteiger partial charge in [-0.15, -0.1) is 0 Å². The first-order valence-corrected chi connectivity index (χ1v) is 13.9. The fraction of sp³-hybridized carbons (Fsp3) is 0.897. The molecular weight excluding hydrogens is 442 g/mol. The number of fused-ring (bicyclic) bond motifs is 5. The Balaban J connectivity index is 1.36. The van der Waals surface area contributed by atoms with Crippen LogP contribution in [0.1, 0.15) is 92.4 Å². The summed E-state index contributed by atoms with van der Waals surface area (Å²) in [7, 11) is 1.38. The standard InChI is InChI=1S/C29H47NO5/c1-18(26(33)34-6)16-30-17-25(32)35-27(3)13-14-28(4)20(15-27)7-8-21-23-10-9-22(19(2)31)29(23,5)12-11-24(21)28/h18,20-24,30H,7-17H2,1-6H3/t18?,20-,21-,22+,23-,24-,27+,28-,29+/m0/s1. The summed E-state index contributed by atoms with van der Waals surface area (Å²) in [4.78, 5) is 36.6. The largest absolute Gasteiger partial charge is 0.469 e. The average molecular weight is 490 g/mol. The smallest absolute Gasteiger partial charge is 0.320 e. The van der Waals surface area contributed by atoms with Gasteiger partial charge >= 0.3 is 11.9 Å². The zero-order valence-corrected chi connectivity index (χ0v) is 22.8. The molecule has 35 heavy (non-hydrogen) atoms. The molecule has 0 spiro atoms. The number of carbonyl (C=O) groups excluding carboxylic acids is 3. The second kappa shape index (κ2) is 9.79. The molecule has 9 atom stereocenters. The minimum absolute atomic E-state index is 0.112. The van der Waals surface area contributed by atoms with Crippen molar-refractivity contribution in [2.45, 2.75) is 98.0 Å². The maximum Gasteiger partial charge on any atom is 0.320 e. The van der Waals surface area contributed by atoms with Crippen LogP contribution in [0, 0.1) is 46.3 Å². The van der Waals surface area contributed by atoms with Gasteiger partial charge in [0.05, 0.1) is 19.6 Å². The summed E-state index contributed by atoms with van der Waals surface area (Å²) in [6.07, 6.45) is 10.2. The average Bonchev–Trinajstić information content (AvgIpc) is 3.16. The molecule has 0 saturated heterocycles. The number of nitrogens with one attached hydrogen (secondary N) is 1. The van der Waals surface area contributed by atoms with Crippen molar-refractivity contribution in [2.24, 2.45) is 46.3 Å². The molecular formula is C29H47NO5. The molecule has 0 radical (unpaired) electrons. The number of hydrogen-bond acceptors (Lipinski definition) is 6. The Morgan fingerprint density at radius 2 is 1.66 bits per heavy atom. The van der Waals surface area contributed by atoms with E-state index in [1.807, 2.05) is 0 Å². The third kappa shape index (κ3) is 4.81. The highest BCUT2D eigenvalue weighted by Crippen LogP contribution is 2.68. The molecule has 0 aromatic rings. The van der Waals surface area contributed by atoms with Crippen molar-refractivity contribution < 1.29 is 23.9 Å². The van der Waals surface area contributed by atoms with E-state index in [4.69, 9.17) is 9.47 Å². The highest BCUT2D eigenvalue weighted by Gasteiger charge is 2.61. The highest BCUT2D eigenvalue weighted by atomic mass is 16.6. The second-order valence-corrected chi connectivity index (χ2v) is 13.1. The van der Waals surface area contributed by atoms with E-state index in [0.717, 1.165) is 37.5 Å². The predicted molar refractivity (Wildman–Crippen MR) is 134 cm³/mol. The van der Waals surface area contributed by atoms with E-state index in [0.29, 0.717) is 29.6 Å². The van der Waals surface area contributed by atoms with Crippen LogP contribution in [0.15, 0.2) is 0 Å². The van der Waals surface area contributed by atoms with Crippen LogP contribution >= 0.6 is 0 Å². The van der Waals surface area contributed by atoms with Crippen molar-refractivity contribution in [2.75, 3.05) is 20.2 Å². The van der Waals surface area contributed by atoms with Gasteiger partial charge in [-0.2, -0.15) is 0 Å². The lowest BCUT2D eigenvalue weighted by molar-refractivity contribution is -0.180. The first-order valence-electron chi connectivity index (χ1n) is 13.9. The molecule has 1 N–H and O–H groups in total. The molecule has 0 aromatic heterocycles. The molecule has 0 amide bonds. The number of Topliss-reactive ketones (excluding diaryl/α,β-unsaturated/α-hetero) is 1. The fourth-order valence-electron chi connectivity index (χ4n) is 9.16. The van der Waals surface area contributed by atoms with Crippen molar-refractivity contribution in [3.8, 4) is 0 Å². The van der Waals surface area contributed by atoms with Gasteiger partial charge in [-0.05, 0) is 106 Å². The summed E-state index contributed by atoms with van der Waals surface area (Å²) in [5.41, 5.74) is 0.0892. The van der Waals surface area contributed by atoms with Crippen molar-refractivity contribution >= 4 is 17.7 Å². The zero-order valence-electron chi connectivity index (χ0n) is 22.8. The lowest BCUT2D eigenvalue weighted by Gasteiger charge is -2.62. The van der Waals surface area contributed by atoms with Crippen LogP contribution in [0.2, 0.25) is 0 Å². The molecule has 4 aliphatic rings. The van der Waals surface area contributed by atoms with Gasteiger partial charge in [0.2, 0.25) is 0 Å². The van der Waals surface area contributed by atoms with Crippen molar-refractivity contribution in [1.82, 2.24) is 5.32 Å². The topological polar surface area (TPSA) is 81.7 Å². The SMILES string of the molecule is COC(=O)C(C)CNCC(=O)O[C@]1(C)CC[C@@]2(C)[C@@H](CC[C@@H]3[C@@H]2CC[C@]2(C)[C@@H](C(C)=O)CC[C@@H]32)C1. The Morgan fingerprint density at radius 1 is 0.943 bits per heavy atom. The third-order valence-electron chi connectivity index (χ3n) is 11.1. The van der Waals surface area contributed by atoms with Gasteiger partial charge in [0, 0.05) is 12.5 Å².